The molecule has 0 amide bonds. The van der Waals surface area contributed by atoms with Crippen molar-refractivity contribution >= 4 is 23.2 Å². The molecule has 1 aliphatic rings. The lowest BCUT2D eigenvalue weighted by Gasteiger charge is -2.25. The minimum Gasteiger partial charge on any atom is -0.312 e. The quantitative estimate of drug-likeness (QED) is 0.845. The van der Waals surface area contributed by atoms with E-state index in [0.717, 1.165) is 18.0 Å². The summed E-state index contributed by atoms with van der Waals surface area (Å²) in [6, 6.07) is 5.82. The fraction of sp³-hybridized carbons (Fsp3) is 0.600. The van der Waals surface area contributed by atoms with E-state index in [1.165, 1.54) is 18.4 Å². The predicted molar refractivity (Wildman–Crippen MR) is 79.6 cm³/mol. The van der Waals surface area contributed by atoms with E-state index in [0.29, 0.717) is 10.4 Å². The lowest BCUT2D eigenvalue weighted by atomic mass is 9.95. The Balaban J connectivity index is 2.00. The van der Waals surface area contributed by atoms with Gasteiger partial charge in [0.25, 0.3) is 0 Å². The third kappa shape index (κ3) is 3.88. The maximum Gasteiger partial charge on any atom is 0.0453 e. The predicted octanol–water partition coefficient (Wildman–Crippen LogP) is 4.70. The molecular formula is C15H21Cl2N. The Morgan fingerprint density at radius 2 is 1.89 bits per heavy atom. The zero-order valence-electron chi connectivity index (χ0n) is 11.3. The molecule has 0 saturated heterocycles. The number of benzene rings is 1. The van der Waals surface area contributed by atoms with Gasteiger partial charge in [0.2, 0.25) is 0 Å². The van der Waals surface area contributed by atoms with E-state index in [-0.39, 0.29) is 5.54 Å². The van der Waals surface area contributed by atoms with Gasteiger partial charge in [0.15, 0.2) is 0 Å². The van der Waals surface area contributed by atoms with Crippen molar-refractivity contribution in [2.45, 2.75) is 45.6 Å². The van der Waals surface area contributed by atoms with Crippen molar-refractivity contribution in [3.63, 3.8) is 0 Å². The van der Waals surface area contributed by atoms with Crippen molar-refractivity contribution < 1.29 is 0 Å². The van der Waals surface area contributed by atoms with Crippen molar-refractivity contribution in [3.8, 4) is 0 Å². The number of rotatable bonds is 4. The Morgan fingerprint density at radius 3 is 2.39 bits per heavy atom. The smallest absolute Gasteiger partial charge is 0.0453 e. The molecule has 0 heterocycles. The maximum atomic E-state index is 6.25. The molecule has 2 rings (SSSR count). The molecule has 1 aromatic carbocycles. The molecule has 100 valence electrons. The summed E-state index contributed by atoms with van der Waals surface area (Å²) in [7, 11) is 0. The van der Waals surface area contributed by atoms with Crippen molar-refractivity contribution in [1.29, 1.82) is 0 Å². The van der Waals surface area contributed by atoms with E-state index >= 15 is 0 Å². The first-order chi connectivity index (χ1) is 8.30. The molecule has 1 nitrogen and oxygen atoms in total. The van der Waals surface area contributed by atoms with Crippen LogP contribution in [0, 0.1) is 5.41 Å². The molecule has 0 bridgehead atoms. The molecule has 0 spiro atoms. The van der Waals surface area contributed by atoms with Crippen LogP contribution in [0.5, 0.6) is 0 Å². The standard InChI is InChI=1S/C15H21Cl2N/c1-14(2,3)18-10-15(6-7-15)9-11-4-5-12(16)8-13(11)17/h4-5,8,18H,6-7,9-10H2,1-3H3. The van der Waals surface area contributed by atoms with Gasteiger partial charge in [-0.05, 0) is 63.1 Å². The second-order valence-corrected chi connectivity index (χ2v) is 7.36. The second-order valence-electron chi connectivity index (χ2n) is 6.52. The van der Waals surface area contributed by atoms with Crippen LogP contribution in [0.2, 0.25) is 10.0 Å². The minimum absolute atomic E-state index is 0.180. The topological polar surface area (TPSA) is 12.0 Å². The first kappa shape index (κ1) is 14.2. The van der Waals surface area contributed by atoms with Gasteiger partial charge in [-0.15, -0.1) is 0 Å². The van der Waals surface area contributed by atoms with Crippen LogP contribution in [0.15, 0.2) is 18.2 Å². The van der Waals surface area contributed by atoms with E-state index in [4.69, 9.17) is 23.2 Å². The normalized spacial score (nSPS) is 17.8. The van der Waals surface area contributed by atoms with Crippen molar-refractivity contribution in [2.75, 3.05) is 6.54 Å². The number of halogens is 2. The highest BCUT2D eigenvalue weighted by Crippen LogP contribution is 2.49. The summed E-state index contributed by atoms with van der Waals surface area (Å²) in [5.74, 6) is 0. The van der Waals surface area contributed by atoms with Crippen LogP contribution in [0.3, 0.4) is 0 Å². The largest absolute Gasteiger partial charge is 0.312 e. The van der Waals surface area contributed by atoms with Gasteiger partial charge in [0.05, 0.1) is 0 Å². The number of hydrogen-bond donors (Lipinski definition) is 1. The van der Waals surface area contributed by atoms with Crippen molar-refractivity contribution in [2.24, 2.45) is 5.41 Å². The summed E-state index contributed by atoms with van der Waals surface area (Å²) < 4.78 is 0. The summed E-state index contributed by atoms with van der Waals surface area (Å²) in [5, 5.41) is 5.11. The van der Waals surface area contributed by atoms with Crippen LogP contribution >= 0.6 is 23.2 Å². The summed E-state index contributed by atoms with van der Waals surface area (Å²) in [6.07, 6.45) is 3.62. The van der Waals surface area contributed by atoms with Gasteiger partial charge < -0.3 is 5.32 Å². The Morgan fingerprint density at radius 1 is 1.22 bits per heavy atom. The van der Waals surface area contributed by atoms with Crippen LogP contribution in [0.4, 0.5) is 0 Å². The highest BCUT2D eigenvalue weighted by Gasteiger charge is 2.43. The Hall–Kier alpha value is -0.240. The van der Waals surface area contributed by atoms with E-state index < -0.39 is 0 Å². The third-order valence-electron chi connectivity index (χ3n) is 3.53. The van der Waals surface area contributed by atoms with E-state index in [1.807, 2.05) is 12.1 Å². The molecule has 0 radical (unpaired) electrons. The molecule has 1 N–H and O–H groups in total. The van der Waals surface area contributed by atoms with Gasteiger partial charge in [0, 0.05) is 22.1 Å². The summed E-state index contributed by atoms with van der Waals surface area (Å²) in [4.78, 5) is 0. The second kappa shape index (κ2) is 5.03. The molecule has 0 aliphatic heterocycles. The van der Waals surface area contributed by atoms with Gasteiger partial charge in [-0.25, -0.2) is 0 Å². The molecule has 1 aliphatic carbocycles. The highest BCUT2D eigenvalue weighted by molar-refractivity contribution is 6.35. The third-order valence-corrected chi connectivity index (χ3v) is 4.12. The number of hydrogen-bond acceptors (Lipinski definition) is 1. The van der Waals surface area contributed by atoms with E-state index in [9.17, 15) is 0 Å². The molecule has 18 heavy (non-hydrogen) atoms. The van der Waals surface area contributed by atoms with Crippen LogP contribution in [0.1, 0.15) is 39.2 Å². The molecular weight excluding hydrogens is 265 g/mol. The Bertz CT molecular complexity index is 431. The van der Waals surface area contributed by atoms with Gasteiger partial charge in [-0.3, -0.25) is 0 Å². The average Bonchev–Trinajstić information content (AvgIpc) is 3.00. The van der Waals surface area contributed by atoms with Gasteiger partial charge >= 0.3 is 0 Å². The molecule has 0 unspecified atom stereocenters. The van der Waals surface area contributed by atoms with Gasteiger partial charge in [-0.2, -0.15) is 0 Å². The summed E-state index contributed by atoms with van der Waals surface area (Å²) in [6.45, 7) is 7.69. The maximum absolute atomic E-state index is 6.25. The van der Waals surface area contributed by atoms with Crippen LogP contribution in [-0.4, -0.2) is 12.1 Å². The van der Waals surface area contributed by atoms with Crippen molar-refractivity contribution in [3.05, 3.63) is 33.8 Å². The monoisotopic (exact) mass is 285 g/mol. The fourth-order valence-corrected chi connectivity index (χ4v) is 2.59. The van der Waals surface area contributed by atoms with Gasteiger partial charge in [0.1, 0.15) is 0 Å². The van der Waals surface area contributed by atoms with Crippen LogP contribution in [0.25, 0.3) is 0 Å². The van der Waals surface area contributed by atoms with E-state index in [1.54, 1.807) is 0 Å². The molecule has 1 aromatic rings. The van der Waals surface area contributed by atoms with Crippen molar-refractivity contribution in [1.82, 2.24) is 5.32 Å². The zero-order valence-corrected chi connectivity index (χ0v) is 12.8. The summed E-state index contributed by atoms with van der Waals surface area (Å²) >= 11 is 12.2. The minimum atomic E-state index is 0.180. The highest BCUT2D eigenvalue weighted by atomic mass is 35.5. The average molecular weight is 286 g/mol. The SMILES string of the molecule is CC(C)(C)NCC1(Cc2ccc(Cl)cc2Cl)CC1. The summed E-state index contributed by atoms with van der Waals surface area (Å²) in [5.41, 5.74) is 1.80. The molecule has 1 saturated carbocycles. The Labute approximate surface area is 120 Å². The lowest BCUT2D eigenvalue weighted by molar-refractivity contribution is 0.356. The van der Waals surface area contributed by atoms with E-state index in [2.05, 4.69) is 32.2 Å². The number of nitrogens with one attached hydrogen (secondary N) is 1. The molecule has 0 aromatic heterocycles. The molecule has 3 heteroatoms. The van der Waals surface area contributed by atoms with Gasteiger partial charge in [-0.1, -0.05) is 29.3 Å². The van der Waals surface area contributed by atoms with Crippen LogP contribution in [-0.2, 0) is 6.42 Å². The molecule has 1 fully saturated rings. The fourth-order valence-electron chi connectivity index (χ4n) is 2.11. The molecule has 0 atom stereocenters. The first-order valence-electron chi connectivity index (χ1n) is 6.49. The van der Waals surface area contributed by atoms with Crippen LogP contribution < -0.4 is 5.32 Å². The Kier molecular flexibility index (Phi) is 3.96. The first-order valence-corrected chi connectivity index (χ1v) is 7.24. The lowest BCUT2D eigenvalue weighted by Crippen LogP contribution is -2.40. The zero-order chi connectivity index (χ0) is 13.4.